The van der Waals surface area contributed by atoms with E-state index in [9.17, 15) is 0 Å². The zero-order valence-corrected chi connectivity index (χ0v) is 70.9. The Bertz CT molecular complexity index is 8400. The van der Waals surface area contributed by atoms with E-state index in [1.807, 2.05) is 0 Å². The molecule has 20 aromatic carbocycles. The molecule has 0 saturated heterocycles. The van der Waals surface area contributed by atoms with Gasteiger partial charge < -0.3 is 13.7 Å². The lowest BCUT2D eigenvalue weighted by Crippen LogP contribution is -2.25. The van der Waals surface area contributed by atoms with E-state index >= 15 is 0 Å². The number of nitrogens with zero attached hydrogens (tertiary/aromatic N) is 3. The number of fused-ring (bicyclic) bond motifs is 32. The van der Waals surface area contributed by atoms with Crippen LogP contribution in [0.3, 0.4) is 0 Å². The van der Waals surface area contributed by atoms with Gasteiger partial charge in [0.1, 0.15) is 0 Å². The molecule has 0 N–H and O–H groups in total. The monoisotopic (exact) mass is 1680 g/mol. The summed E-state index contributed by atoms with van der Waals surface area (Å²) in [5, 5.41) is 7.57. The van der Waals surface area contributed by atoms with Gasteiger partial charge in [0.25, 0.3) is 0 Å². The third-order valence-corrected chi connectivity index (χ3v) is 28.8. The Morgan fingerprint density at radius 2 is 0.480 bits per heavy atom. The van der Waals surface area contributed by atoms with Crippen molar-refractivity contribution in [2.24, 2.45) is 0 Å². The van der Waals surface area contributed by atoms with Gasteiger partial charge in [-0.25, -0.2) is 0 Å². The van der Waals surface area contributed by atoms with Gasteiger partial charge in [-0.1, -0.05) is 380 Å². The van der Waals surface area contributed by atoms with Gasteiger partial charge in [0.15, 0.2) is 0 Å². The van der Waals surface area contributed by atoms with Crippen molar-refractivity contribution in [2.45, 2.75) is 17.3 Å². The fourth-order valence-corrected chi connectivity index (χ4v) is 23.4. The van der Waals surface area contributed by atoms with Crippen LogP contribution in [0.15, 0.2) is 466 Å². The minimum atomic E-state index is -0.394. The number of aromatic nitrogens is 3. The SMILES string of the molecule is Brc1cccc2c1-c1ccccc1C21c2ccccc2-c2ccccc21.c1ccc(-c2ccc(-n3c4ccccc4c4cc(-c5ccc6c(c5)-c5ccccc5C6)ccc43)cc2)cc1.c1ccc(-c2ccc(-n3c4ccccc4c4cc(-c5ccc6c(c5)c5ccccc5n6-c5cccc6c5-c5ccccc5C65c6ccccc6-c6ccccc65)ccc43)cc2)cc1. The molecule has 0 atom stereocenters. The molecular weight excluding hydrogens is 1600 g/mol. The molecule has 3 aromatic heterocycles. The summed E-state index contributed by atoms with van der Waals surface area (Å²) >= 11 is 3.83. The number of para-hydroxylation sites is 3. The molecule has 3 nitrogen and oxygen atoms in total. The molecule has 592 valence electrons. The molecular formula is C123H78BrN3. The van der Waals surface area contributed by atoms with Crippen molar-refractivity contribution >= 4 is 81.3 Å². The molecule has 0 fully saturated rings. The first-order chi connectivity index (χ1) is 62.9. The third kappa shape index (κ3) is 10.8. The lowest BCUT2D eigenvalue weighted by atomic mass is 9.70. The van der Waals surface area contributed by atoms with Crippen LogP contribution in [0.25, 0.3) is 183 Å². The zero-order chi connectivity index (χ0) is 83.6. The smallest absolute Gasteiger partial charge is 0.0726 e. The van der Waals surface area contributed by atoms with Gasteiger partial charge in [0.2, 0.25) is 0 Å². The maximum absolute atomic E-state index is 3.83. The van der Waals surface area contributed by atoms with E-state index < -0.39 is 5.41 Å². The van der Waals surface area contributed by atoms with Crippen molar-refractivity contribution in [2.75, 3.05) is 0 Å². The van der Waals surface area contributed by atoms with Crippen molar-refractivity contribution in [3.63, 3.8) is 0 Å². The molecule has 5 aliphatic rings. The Morgan fingerprint density at radius 3 is 0.937 bits per heavy atom. The fourth-order valence-electron chi connectivity index (χ4n) is 22.9. The Balaban J connectivity index is 0.000000113. The Morgan fingerprint density at radius 1 is 0.181 bits per heavy atom. The predicted octanol–water partition coefficient (Wildman–Crippen LogP) is 32.0. The average Bonchev–Trinajstić information content (AvgIpc) is 1.50. The highest BCUT2D eigenvalue weighted by Gasteiger charge is 2.54. The number of halogens is 1. The second-order valence-electron chi connectivity index (χ2n) is 34.4. The van der Waals surface area contributed by atoms with Gasteiger partial charge in [-0.3, -0.25) is 0 Å². The predicted molar refractivity (Wildman–Crippen MR) is 533 cm³/mol. The maximum Gasteiger partial charge on any atom is 0.0726 e. The first-order valence-electron chi connectivity index (χ1n) is 44.1. The topological polar surface area (TPSA) is 14.8 Å². The Kier molecular flexibility index (Phi) is 16.5. The first kappa shape index (κ1) is 72.9. The van der Waals surface area contributed by atoms with Crippen molar-refractivity contribution in [3.05, 3.63) is 521 Å². The van der Waals surface area contributed by atoms with Gasteiger partial charge in [0.05, 0.1) is 49.6 Å². The highest BCUT2D eigenvalue weighted by Crippen LogP contribution is 2.66. The van der Waals surface area contributed by atoms with Gasteiger partial charge in [-0.15, -0.1) is 0 Å². The standard InChI is InChI=1S/C61H38N2.C37H25N.C25H15Br/c1-2-15-39(16-3-1)40-29-33-43(34-30-40)62-55-26-12-7-19-46(55)49-37-41(31-35-57(49)62)42-32-36-58-50(38-42)47-20-8-13-27-56(47)63(58)59-28-14-25-54-60(59)48-21-6-11-24-53(48)61(54)51-22-9-4-17-44(51)45-18-5-10-23-52(45)61;1-2-8-25(9-3-1)26-16-19-31(20-17-26)38-36-13-7-6-12-33(36)35-24-28(18-21-37(35)38)27-14-15-30-22-29-10-4-5-11-32(29)34(30)23-27;26-23-15-7-14-22-24(23)18-10-3-6-13-21(18)25(22)19-11-4-1-8-16(19)17-9-2-5-12-20(17)25/h1-38H;1-21,23-24H,22H2;1-15H. The molecule has 4 heteroatoms. The molecule has 2 spiro atoms. The molecule has 0 amide bonds. The van der Waals surface area contributed by atoms with Gasteiger partial charge in [-0.05, 0) is 248 Å². The molecule has 0 radical (unpaired) electrons. The van der Waals surface area contributed by atoms with Crippen LogP contribution in [0, 0.1) is 0 Å². The highest BCUT2D eigenvalue weighted by atomic mass is 79.9. The number of hydrogen-bond donors (Lipinski definition) is 0. The minimum Gasteiger partial charge on any atom is -0.309 e. The lowest BCUT2D eigenvalue weighted by Gasteiger charge is -2.30. The fraction of sp³-hybridized carbons (Fsp3) is 0.0244. The maximum atomic E-state index is 3.83. The van der Waals surface area contributed by atoms with E-state index in [2.05, 4.69) is 491 Å². The molecule has 28 rings (SSSR count). The van der Waals surface area contributed by atoms with Crippen LogP contribution in [-0.4, -0.2) is 13.7 Å². The Labute approximate surface area is 745 Å². The lowest BCUT2D eigenvalue weighted by molar-refractivity contribution is 0.793. The van der Waals surface area contributed by atoms with E-state index in [1.165, 1.54) is 237 Å². The summed E-state index contributed by atoms with van der Waals surface area (Å²) in [5.41, 5.74) is 47.3. The van der Waals surface area contributed by atoms with Crippen molar-refractivity contribution < 1.29 is 0 Å². The first-order valence-corrected chi connectivity index (χ1v) is 44.9. The molecule has 0 bridgehead atoms. The number of rotatable bonds is 7. The van der Waals surface area contributed by atoms with Crippen LogP contribution >= 0.6 is 15.9 Å². The van der Waals surface area contributed by atoms with Crippen LogP contribution in [0.4, 0.5) is 0 Å². The van der Waals surface area contributed by atoms with Gasteiger partial charge >= 0.3 is 0 Å². The van der Waals surface area contributed by atoms with Crippen LogP contribution < -0.4 is 0 Å². The van der Waals surface area contributed by atoms with Gasteiger partial charge in [0, 0.05) is 59.3 Å². The van der Waals surface area contributed by atoms with E-state index in [4.69, 9.17) is 0 Å². The summed E-state index contributed by atoms with van der Waals surface area (Å²) in [6.07, 6.45) is 1.03. The van der Waals surface area contributed by atoms with E-state index in [1.54, 1.807) is 0 Å². The summed E-state index contributed by atoms with van der Waals surface area (Å²) in [7, 11) is 0. The molecule has 3 heterocycles. The molecule has 0 saturated carbocycles. The van der Waals surface area contributed by atoms with Crippen LogP contribution in [0.5, 0.6) is 0 Å². The molecule has 5 aliphatic carbocycles. The van der Waals surface area contributed by atoms with Crippen LogP contribution in [0.1, 0.15) is 55.6 Å². The second-order valence-corrected chi connectivity index (χ2v) is 35.3. The van der Waals surface area contributed by atoms with Crippen molar-refractivity contribution in [3.8, 4) is 117 Å². The normalized spacial score (nSPS) is 13.2. The molecule has 127 heavy (non-hydrogen) atoms. The minimum absolute atomic E-state index is 0.219. The third-order valence-electron chi connectivity index (χ3n) is 28.2. The summed E-state index contributed by atoms with van der Waals surface area (Å²) < 4.78 is 8.49. The Hall–Kier alpha value is -15.7. The number of hydrogen-bond acceptors (Lipinski definition) is 0. The largest absolute Gasteiger partial charge is 0.309 e. The summed E-state index contributed by atoms with van der Waals surface area (Å²) in [5.74, 6) is 0. The zero-order valence-electron chi connectivity index (χ0n) is 69.3. The highest BCUT2D eigenvalue weighted by molar-refractivity contribution is 9.10. The van der Waals surface area contributed by atoms with E-state index in [-0.39, 0.29) is 5.41 Å². The quantitative estimate of drug-likeness (QED) is 0.151. The summed E-state index contributed by atoms with van der Waals surface area (Å²) in [6, 6.07) is 170. The average molecular weight is 1680 g/mol. The molecule has 0 unspecified atom stereocenters. The van der Waals surface area contributed by atoms with E-state index in [0.717, 1.165) is 12.1 Å². The van der Waals surface area contributed by atoms with Crippen molar-refractivity contribution in [1.82, 2.24) is 13.7 Å². The van der Waals surface area contributed by atoms with Crippen LogP contribution in [0.2, 0.25) is 0 Å². The summed E-state index contributed by atoms with van der Waals surface area (Å²) in [6.45, 7) is 0. The molecule has 0 aliphatic heterocycles. The van der Waals surface area contributed by atoms with Crippen LogP contribution in [-0.2, 0) is 17.3 Å². The number of benzene rings is 20. The van der Waals surface area contributed by atoms with Crippen molar-refractivity contribution in [1.29, 1.82) is 0 Å². The van der Waals surface area contributed by atoms with Gasteiger partial charge in [-0.2, -0.15) is 0 Å². The van der Waals surface area contributed by atoms with E-state index in [0.29, 0.717) is 0 Å². The summed E-state index contributed by atoms with van der Waals surface area (Å²) in [4.78, 5) is 0. The second kappa shape index (κ2) is 28.7. The molecule has 23 aromatic rings.